The molecule has 1 aromatic heterocycles. The van der Waals surface area contributed by atoms with Gasteiger partial charge in [-0.15, -0.1) is 10.2 Å². The average molecular weight is 270 g/mol. The maximum absolute atomic E-state index is 5.74. The Balaban J connectivity index is 2.08. The third kappa shape index (κ3) is 2.25. The first-order valence-corrected chi connectivity index (χ1v) is 6.29. The second-order valence-corrected chi connectivity index (χ2v) is 4.24. The summed E-state index contributed by atoms with van der Waals surface area (Å²) < 4.78 is 5.74. The average Bonchev–Trinajstić information content (AvgIpc) is 2.59. The minimum absolute atomic E-state index is 0.211. The predicted octanol–water partition coefficient (Wildman–Crippen LogP) is 2.11. The molecule has 2 heterocycles. The van der Waals surface area contributed by atoms with Crippen molar-refractivity contribution in [3.63, 3.8) is 0 Å². The maximum Gasteiger partial charge on any atom is 0.266 e. The van der Waals surface area contributed by atoms with E-state index in [1.165, 1.54) is 0 Å². The number of hydrogen-bond donors (Lipinski definition) is 2. The van der Waals surface area contributed by atoms with E-state index in [2.05, 4.69) is 31.0 Å². The highest BCUT2D eigenvalue weighted by atomic mass is 16.5. The molecule has 7 nitrogen and oxygen atoms in total. The summed E-state index contributed by atoms with van der Waals surface area (Å²) in [7, 11) is 0. The Morgan fingerprint density at radius 3 is 3.05 bits per heavy atom. The van der Waals surface area contributed by atoms with E-state index in [0.717, 1.165) is 11.3 Å². The van der Waals surface area contributed by atoms with Gasteiger partial charge in [-0.05, 0) is 19.9 Å². The van der Waals surface area contributed by atoms with Gasteiger partial charge in [0.05, 0.1) is 0 Å². The topological polar surface area (TPSA) is 84.3 Å². The van der Waals surface area contributed by atoms with Gasteiger partial charge in [0, 0.05) is 17.5 Å². The summed E-state index contributed by atoms with van der Waals surface area (Å²) >= 11 is 0. The number of hydrogen-bond acceptors (Lipinski definition) is 7. The third-order valence-corrected chi connectivity index (χ3v) is 2.78. The lowest BCUT2D eigenvalue weighted by molar-refractivity contribution is 0.242. The molecule has 20 heavy (non-hydrogen) atoms. The zero-order valence-electron chi connectivity index (χ0n) is 11.2. The largest absolute Gasteiger partial charge is 0.452 e. The Labute approximate surface area is 116 Å². The molecule has 0 saturated carbocycles. The van der Waals surface area contributed by atoms with Gasteiger partial charge in [-0.2, -0.15) is 10.1 Å². The second kappa shape index (κ2) is 5.12. The van der Waals surface area contributed by atoms with Crippen molar-refractivity contribution in [3.8, 4) is 17.1 Å². The molecule has 1 atom stereocenters. The van der Waals surface area contributed by atoms with Crippen LogP contribution in [0.3, 0.4) is 0 Å². The summed E-state index contributed by atoms with van der Waals surface area (Å²) in [4.78, 5) is 4.30. The molecular formula is C13H14N6O. The van der Waals surface area contributed by atoms with Gasteiger partial charge in [0.25, 0.3) is 5.95 Å². The van der Waals surface area contributed by atoms with Gasteiger partial charge < -0.3 is 10.1 Å². The molecule has 1 aliphatic heterocycles. The summed E-state index contributed by atoms with van der Waals surface area (Å²) in [5, 5.41) is 15.3. The third-order valence-electron chi connectivity index (χ3n) is 2.78. The van der Waals surface area contributed by atoms with Crippen molar-refractivity contribution in [2.45, 2.75) is 20.1 Å². The van der Waals surface area contributed by atoms with Gasteiger partial charge in [-0.3, -0.25) is 0 Å². The van der Waals surface area contributed by atoms with Crippen LogP contribution in [0.15, 0.2) is 29.4 Å². The van der Waals surface area contributed by atoms with Crippen LogP contribution >= 0.6 is 0 Å². The number of hydrazone groups is 1. The molecule has 3 rings (SSSR count). The Morgan fingerprint density at radius 1 is 1.35 bits per heavy atom. The molecule has 0 radical (unpaired) electrons. The van der Waals surface area contributed by atoms with Crippen LogP contribution in [0.2, 0.25) is 0 Å². The van der Waals surface area contributed by atoms with Crippen LogP contribution in [-0.2, 0) is 0 Å². The summed E-state index contributed by atoms with van der Waals surface area (Å²) in [6.07, 6.45) is 1.40. The zero-order valence-corrected chi connectivity index (χ0v) is 11.2. The van der Waals surface area contributed by atoms with E-state index in [-0.39, 0.29) is 6.23 Å². The van der Waals surface area contributed by atoms with Crippen LogP contribution in [0.1, 0.15) is 13.8 Å². The van der Waals surface area contributed by atoms with Gasteiger partial charge in [0.1, 0.15) is 0 Å². The van der Waals surface area contributed by atoms with Crippen molar-refractivity contribution in [2.24, 2.45) is 5.10 Å². The molecule has 2 N–H and O–H groups in total. The Kier molecular flexibility index (Phi) is 3.16. The quantitative estimate of drug-likeness (QED) is 0.642. The fourth-order valence-electron chi connectivity index (χ4n) is 1.96. The maximum atomic E-state index is 5.74. The first-order chi connectivity index (χ1) is 9.78. The number of benzene rings is 1. The number of ether oxygens (including phenoxy) is 1. The van der Waals surface area contributed by atoms with E-state index in [0.29, 0.717) is 17.5 Å². The highest BCUT2D eigenvalue weighted by Gasteiger charge is 2.22. The summed E-state index contributed by atoms with van der Waals surface area (Å²) in [5.41, 5.74) is 5.16. The lowest BCUT2D eigenvalue weighted by Gasteiger charge is -2.13. The van der Waals surface area contributed by atoms with E-state index >= 15 is 0 Å². The highest BCUT2D eigenvalue weighted by molar-refractivity contribution is 5.79. The molecule has 1 aliphatic rings. The number of fused-ring (bicyclic) bond motifs is 3. The van der Waals surface area contributed by atoms with Crippen LogP contribution in [0.4, 0.5) is 11.6 Å². The molecule has 0 amide bonds. The first-order valence-electron chi connectivity index (χ1n) is 6.29. The number of rotatable bonds is 2. The van der Waals surface area contributed by atoms with Gasteiger partial charge in [0.2, 0.25) is 5.88 Å². The van der Waals surface area contributed by atoms with Crippen LogP contribution in [-0.4, -0.2) is 27.6 Å². The summed E-state index contributed by atoms with van der Waals surface area (Å²) in [6.45, 7) is 3.70. The van der Waals surface area contributed by atoms with Gasteiger partial charge in [-0.1, -0.05) is 18.2 Å². The number of nitrogens with zero attached hydrogens (tertiary/aromatic N) is 4. The molecular weight excluding hydrogens is 256 g/mol. The molecule has 2 aromatic rings. The van der Waals surface area contributed by atoms with Crippen LogP contribution in [0.5, 0.6) is 5.88 Å². The lowest BCUT2D eigenvalue weighted by atomic mass is 10.1. The van der Waals surface area contributed by atoms with Crippen LogP contribution in [0, 0.1) is 0 Å². The molecule has 0 saturated heterocycles. The molecule has 0 spiro atoms. The van der Waals surface area contributed by atoms with Crippen molar-refractivity contribution in [1.29, 1.82) is 0 Å². The molecule has 0 bridgehead atoms. The SMILES string of the molecule is C/C=N/Nc1nnc2c(n1)OC(C)Nc1ccccc1-2. The Hall–Kier alpha value is -2.70. The van der Waals surface area contributed by atoms with Crippen molar-refractivity contribution in [1.82, 2.24) is 15.2 Å². The molecule has 0 fully saturated rings. The van der Waals surface area contributed by atoms with Crippen LogP contribution < -0.4 is 15.5 Å². The number of anilines is 2. The summed E-state index contributed by atoms with van der Waals surface area (Å²) in [5.74, 6) is 0.729. The van der Waals surface area contributed by atoms with E-state index in [1.54, 1.807) is 13.1 Å². The second-order valence-electron chi connectivity index (χ2n) is 4.24. The molecule has 102 valence electrons. The minimum atomic E-state index is -0.211. The van der Waals surface area contributed by atoms with Gasteiger partial charge >= 0.3 is 0 Å². The van der Waals surface area contributed by atoms with E-state index in [1.807, 2.05) is 31.2 Å². The first kappa shape index (κ1) is 12.3. The van der Waals surface area contributed by atoms with E-state index in [4.69, 9.17) is 4.74 Å². The number of nitrogens with one attached hydrogen (secondary N) is 2. The van der Waals surface area contributed by atoms with E-state index < -0.39 is 0 Å². The number of aromatic nitrogens is 3. The fraction of sp³-hybridized carbons (Fsp3) is 0.231. The Morgan fingerprint density at radius 2 is 2.20 bits per heavy atom. The molecule has 0 aliphatic carbocycles. The summed E-state index contributed by atoms with van der Waals surface area (Å²) in [6, 6.07) is 7.82. The van der Waals surface area contributed by atoms with Gasteiger partial charge in [0.15, 0.2) is 11.9 Å². The molecule has 7 heteroatoms. The highest BCUT2D eigenvalue weighted by Crippen LogP contribution is 2.35. The van der Waals surface area contributed by atoms with Crippen LogP contribution in [0.25, 0.3) is 11.3 Å². The van der Waals surface area contributed by atoms with E-state index in [9.17, 15) is 0 Å². The normalized spacial score (nSPS) is 16.6. The standard InChI is InChI=1S/C13H14N6O/c1-3-14-18-13-16-12-11(17-19-13)9-6-4-5-7-10(9)15-8(2)20-12/h3-8,15H,1-2H3,(H,16,18,19)/b14-3+. The molecule has 1 unspecified atom stereocenters. The van der Waals surface area contributed by atoms with Crippen molar-refractivity contribution in [3.05, 3.63) is 24.3 Å². The minimum Gasteiger partial charge on any atom is -0.452 e. The van der Waals surface area contributed by atoms with Crippen molar-refractivity contribution >= 4 is 17.9 Å². The zero-order chi connectivity index (χ0) is 13.9. The predicted molar refractivity (Wildman–Crippen MR) is 76.8 cm³/mol. The monoisotopic (exact) mass is 270 g/mol. The van der Waals surface area contributed by atoms with Gasteiger partial charge in [-0.25, -0.2) is 5.43 Å². The van der Waals surface area contributed by atoms with Crippen molar-refractivity contribution < 1.29 is 4.74 Å². The Bertz CT molecular complexity index is 657. The number of para-hydroxylation sites is 1. The molecule has 1 aromatic carbocycles. The fourth-order valence-corrected chi connectivity index (χ4v) is 1.96. The lowest BCUT2D eigenvalue weighted by Crippen LogP contribution is -2.21. The van der Waals surface area contributed by atoms with Crippen molar-refractivity contribution in [2.75, 3.05) is 10.7 Å². The smallest absolute Gasteiger partial charge is 0.266 e.